The molecular weight excluding hydrogens is 315 g/mol. The van der Waals surface area contributed by atoms with Gasteiger partial charge in [-0.25, -0.2) is 14.5 Å². The van der Waals surface area contributed by atoms with Crippen LogP contribution in [0, 0.1) is 0 Å². The lowest BCUT2D eigenvalue weighted by atomic mass is 10.1. The van der Waals surface area contributed by atoms with Crippen molar-refractivity contribution in [2.75, 3.05) is 12.3 Å². The van der Waals surface area contributed by atoms with E-state index in [-0.39, 0.29) is 6.61 Å². The summed E-state index contributed by atoms with van der Waals surface area (Å²) in [4.78, 5) is 17.7. The van der Waals surface area contributed by atoms with Gasteiger partial charge in [-0.1, -0.05) is 0 Å². The highest BCUT2D eigenvalue weighted by atomic mass is 31.2. The number of aliphatic hydroxyl groups is 1. The van der Waals surface area contributed by atoms with Crippen LogP contribution < -0.4 is 5.73 Å². The molecule has 5 atom stereocenters. The summed E-state index contributed by atoms with van der Waals surface area (Å²) < 4.78 is 28.3. The van der Waals surface area contributed by atoms with Crippen molar-refractivity contribution in [3.8, 4) is 0 Å². The van der Waals surface area contributed by atoms with E-state index >= 15 is 0 Å². The predicted octanol–water partition coefficient (Wildman–Crippen LogP) is -0.212. The van der Waals surface area contributed by atoms with Gasteiger partial charge in [-0.05, 0) is 6.07 Å². The van der Waals surface area contributed by atoms with E-state index < -0.39 is 32.4 Å². The standard InChI is InChI=1S/C11H13N4O6P/c12-5-1-2-13-10-7(5)14-4-15(10)11-8(16)9-6(20-11)3-19-22(17,18)21-9/h1-2,4,6,8-9,11,16H,3H2,(H2,12,13)(H,17,18)/t6-,8+,9?,11-/m1/s1. The Hall–Kier alpha value is -1.55. The van der Waals surface area contributed by atoms with Crippen molar-refractivity contribution in [1.29, 1.82) is 0 Å². The number of nitrogens with two attached hydrogens (primary N) is 1. The highest BCUT2D eigenvalue weighted by Gasteiger charge is 2.52. The van der Waals surface area contributed by atoms with Gasteiger partial charge in [-0.15, -0.1) is 0 Å². The second-order valence-corrected chi connectivity index (χ2v) is 6.52. The van der Waals surface area contributed by atoms with Gasteiger partial charge < -0.3 is 20.5 Å². The van der Waals surface area contributed by atoms with E-state index in [4.69, 9.17) is 19.5 Å². The van der Waals surface area contributed by atoms with Crippen LogP contribution in [0.3, 0.4) is 0 Å². The number of anilines is 1. The second kappa shape index (κ2) is 4.72. The third-order valence-corrected chi connectivity index (χ3v) is 4.72. The first kappa shape index (κ1) is 14.1. The van der Waals surface area contributed by atoms with Gasteiger partial charge in [0.2, 0.25) is 0 Å². The molecule has 4 N–H and O–H groups in total. The summed E-state index contributed by atoms with van der Waals surface area (Å²) in [5.74, 6) is 0. The van der Waals surface area contributed by atoms with Crippen LogP contribution in [-0.2, 0) is 18.3 Å². The zero-order valence-electron chi connectivity index (χ0n) is 11.1. The van der Waals surface area contributed by atoms with Crippen LogP contribution in [-0.4, -0.2) is 49.5 Å². The number of imidazole rings is 1. The Bertz CT molecular complexity index is 781. The van der Waals surface area contributed by atoms with Crippen LogP contribution in [0.2, 0.25) is 0 Å². The third-order valence-electron chi connectivity index (χ3n) is 3.73. The molecule has 2 aliphatic heterocycles. The molecule has 0 aromatic carbocycles. The van der Waals surface area contributed by atoms with E-state index in [1.807, 2.05) is 0 Å². The fourth-order valence-electron chi connectivity index (χ4n) is 2.70. The van der Waals surface area contributed by atoms with Crippen molar-refractivity contribution in [3.05, 3.63) is 18.6 Å². The number of ether oxygens (including phenoxy) is 1. The van der Waals surface area contributed by atoms with Crippen molar-refractivity contribution in [1.82, 2.24) is 14.5 Å². The number of nitrogen functional groups attached to an aromatic ring is 1. The first-order valence-corrected chi connectivity index (χ1v) is 8.02. The van der Waals surface area contributed by atoms with Crippen molar-refractivity contribution in [2.24, 2.45) is 0 Å². The molecule has 2 aromatic rings. The highest BCUT2D eigenvalue weighted by Crippen LogP contribution is 2.52. The van der Waals surface area contributed by atoms with Crippen molar-refractivity contribution >= 4 is 24.7 Å². The quantitative estimate of drug-likeness (QED) is 0.606. The van der Waals surface area contributed by atoms with E-state index in [0.29, 0.717) is 16.9 Å². The molecule has 11 heteroatoms. The predicted molar refractivity (Wildman–Crippen MR) is 72.5 cm³/mol. The first-order valence-electron chi connectivity index (χ1n) is 6.52. The summed E-state index contributed by atoms with van der Waals surface area (Å²) in [5, 5.41) is 10.4. The van der Waals surface area contributed by atoms with Gasteiger partial charge in [0.1, 0.15) is 23.8 Å². The minimum atomic E-state index is -4.15. The van der Waals surface area contributed by atoms with Gasteiger partial charge in [0.15, 0.2) is 11.9 Å². The molecule has 0 bridgehead atoms. The number of aromatic nitrogens is 3. The molecular formula is C11H13N4O6P. The smallest absolute Gasteiger partial charge is 0.397 e. The number of pyridine rings is 1. The Morgan fingerprint density at radius 1 is 1.45 bits per heavy atom. The molecule has 4 heterocycles. The fourth-order valence-corrected chi connectivity index (χ4v) is 3.67. The molecule has 22 heavy (non-hydrogen) atoms. The molecule has 10 nitrogen and oxygen atoms in total. The molecule has 2 aromatic heterocycles. The number of rotatable bonds is 1. The van der Waals surface area contributed by atoms with E-state index in [0.717, 1.165) is 0 Å². The number of hydrogen-bond donors (Lipinski definition) is 3. The topological polar surface area (TPSA) is 142 Å². The van der Waals surface area contributed by atoms with Gasteiger partial charge in [-0.3, -0.25) is 13.6 Å². The highest BCUT2D eigenvalue weighted by molar-refractivity contribution is 7.47. The molecule has 0 amide bonds. The molecule has 118 valence electrons. The van der Waals surface area contributed by atoms with Crippen LogP contribution in [0.15, 0.2) is 18.6 Å². The second-order valence-electron chi connectivity index (χ2n) is 5.11. The Morgan fingerprint density at radius 2 is 2.27 bits per heavy atom. The number of aliphatic hydroxyl groups excluding tert-OH is 1. The van der Waals surface area contributed by atoms with Crippen LogP contribution in [0.4, 0.5) is 5.69 Å². The van der Waals surface area contributed by atoms with Crippen molar-refractivity contribution in [2.45, 2.75) is 24.5 Å². The van der Waals surface area contributed by atoms with E-state index in [1.54, 1.807) is 6.07 Å². The summed E-state index contributed by atoms with van der Waals surface area (Å²) in [6.45, 7) is -0.145. The third kappa shape index (κ3) is 2.04. The van der Waals surface area contributed by atoms with Crippen LogP contribution >= 0.6 is 7.82 Å². The Morgan fingerprint density at radius 3 is 3.09 bits per heavy atom. The summed E-state index contributed by atoms with van der Waals surface area (Å²) in [7, 11) is -4.15. The van der Waals surface area contributed by atoms with Gasteiger partial charge in [-0.2, -0.15) is 0 Å². The van der Waals surface area contributed by atoms with Crippen molar-refractivity contribution < 1.29 is 28.3 Å². The Kier molecular flexibility index (Phi) is 3.02. The normalized spacial score (nSPS) is 38.3. The van der Waals surface area contributed by atoms with Crippen LogP contribution in [0.5, 0.6) is 0 Å². The van der Waals surface area contributed by atoms with E-state index in [9.17, 15) is 14.6 Å². The van der Waals surface area contributed by atoms with E-state index in [2.05, 4.69) is 9.97 Å². The number of phosphoric acid groups is 1. The number of hydrogen-bond acceptors (Lipinski definition) is 8. The number of phosphoric ester groups is 1. The minimum absolute atomic E-state index is 0.145. The summed E-state index contributed by atoms with van der Waals surface area (Å²) in [5.41, 5.74) is 7.20. The molecule has 2 saturated heterocycles. The molecule has 2 unspecified atom stereocenters. The molecule has 0 spiro atoms. The minimum Gasteiger partial charge on any atom is -0.397 e. The summed E-state index contributed by atoms with van der Waals surface area (Å²) in [6.07, 6.45) is -0.698. The SMILES string of the molecule is Nc1ccnc2c1ncn2[C@@H]1O[C@@H]2COP(=O)(O)OC2[C@@H]1O. The maximum absolute atomic E-state index is 11.5. The molecule has 2 aliphatic rings. The fraction of sp³-hybridized carbons (Fsp3) is 0.455. The maximum atomic E-state index is 11.5. The lowest BCUT2D eigenvalue weighted by Crippen LogP contribution is -2.39. The lowest BCUT2D eigenvalue weighted by Gasteiger charge is -2.27. The number of fused-ring (bicyclic) bond motifs is 2. The summed E-state index contributed by atoms with van der Waals surface area (Å²) in [6, 6.07) is 1.62. The zero-order valence-corrected chi connectivity index (χ0v) is 12.0. The maximum Gasteiger partial charge on any atom is 0.472 e. The van der Waals surface area contributed by atoms with Gasteiger partial charge in [0.05, 0.1) is 18.6 Å². The number of nitrogens with zero attached hydrogens (tertiary/aromatic N) is 3. The summed E-state index contributed by atoms with van der Waals surface area (Å²) >= 11 is 0. The average Bonchev–Trinajstić information content (AvgIpc) is 3.01. The van der Waals surface area contributed by atoms with Crippen LogP contribution in [0.25, 0.3) is 11.2 Å². The Balaban J connectivity index is 1.71. The van der Waals surface area contributed by atoms with Gasteiger partial charge in [0, 0.05) is 6.20 Å². The monoisotopic (exact) mass is 328 g/mol. The first-order chi connectivity index (χ1) is 10.5. The largest absolute Gasteiger partial charge is 0.472 e. The lowest BCUT2D eigenvalue weighted by molar-refractivity contribution is -0.0664. The molecule has 2 fully saturated rings. The Labute approximate surface area is 124 Å². The molecule has 0 saturated carbocycles. The van der Waals surface area contributed by atoms with E-state index in [1.165, 1.54) is 17.1 Å². The molecule has 0 radical (unpaired) electrons. The zero-order chi connectivity index (χ0) is 15.5. The van der Waals surface area contributed by atoms with Gasteiger partial charge in [0.25, 0.3) is 0 Å². The van der Waals surface area contributed by atoms with Crippen molar-refractivity contribution in [3.63, 3.8) is 0 Å². The van der Waals surface area contributed by atoms with Crippen LogP contribution in [0.1, 0.15) is 6.23 Å². The van der Waals surface area contributed by atoms with Gasteiger partial charge >= 0.3 is 7.82 Å². The molecule has 4 rings (SSSR count). The average molecular weight is 328 g/mol. The molecule has 0 aliphatic carbocycles.